The van der Waals surface area contributed by atoms with Crippen molar-refractivity contribution >= 4 is 17.2 Å². The van der Waals surface area contributed by atoms with Crippen molar-refractivity contribution in [1.82, 2.24) is 10.3 Å². The molecule has 0 spiro atoms. The summed E-state index contributed by atoms with van der Waals surface area (Å²) >= 11 is 1.87. The smallest absolute Gasteiger partial charge is 0.220 e. The van der Waals surface area contributed by atoms with E-state index in [-0.39, 0.29) is 11.8 Å². The summed E-state index contributed by atoms with van der Waals surface area (Å²) < 4.78 is 0. The molecule has 0 radical (unpaired) electrons. The van der Waals surface area contributed by atoms with Crippen LogP contribution >= 0.6 is 11.3 Å². The number of thiazole rings is 1. The van der Waals surface area contributed by atoms with E-state index in [4.69, 9.17) is 5.73 Å². The number of amides is 1. The van der Waals surface area contributed by atoms with Gasteiger partial charge in [0.25, 0.3) is 0 Å². The fourth-order valence-electron chi connectivity index (χ4n) is 3.30. The third kappa shape index (κ3) is 3.83. The van der Waals surface area contributed by atoms with Crippen LogP contribution in [0.4, 0.5) is 0 Å². The molecule has 0 atom stereocenters. The van der Waals surface area contributed by atoms with E-state index in [9.17, 15) is 4.79 Å². The number of hydrogen-bond donors (Lipinski definition) is 2. The van der Waals surface area contributed by atoms with Gasteiger partial charge < -0.3 is 11.1 Å². The van der Waals surface area contributed by atoms with Crippen LogP contribution in [0.25, 0.3) is 0 Å². The molecular weight excluding hydrogens is 282 g/mol. The number of nitrogens with zero attached hydrogens (tertiary/aromatic N) is 1. The van der Waals surface area contributed by atoms with Gasteiger partial charge in [0.1, 0.15) is 0 Å². The summed E-state index contributed by atoms with van der Waals surface area (Å²) in [5.41, 5.74) is 5.37. The normalized spacial score (nSPS) is 26.5. The number of hydrogen-bond acceptors (Lipinski definition) is 4. The van der Waals surface area contributed by atoms with Crippen LogP contribution in [0.1, 0.15) is 60.7 Å². The first-order chi connectivity index (χ1) is 10.2. The lowest BCUT2D eigenvalue weighted by Gasteiger charge is -2.26. The van der Waals surface area contributed by atoms with Crippen LogP contribution < -0.4 is 11.1 Å². The van der Waals surface area contributed by atoms with Crippen LogP contribution in [0.15, 0.2) is 6.20 Å². The summed E-state index contributed by atoms with van der Waals surface area (Å²) in [7, 11) is 0. The summed E-state index contributed by atoms with van der Waals surface area (Å²) in [6.07, 6.45) is 10.2. The lowest BCUT2D eigenvalue weighted by atomic mass is 9.81. The van der Waals surface area contributed by atoms with Crippen molar-refractivity contribution in [2.75, 3.05) is 6.54 Å². The van der Waals surface area contributed by atoms with E-state index in [0.717, 1.165) is 44.7 Å². The standard InChI is InChI=1S/C16H25N3OS/c17-15(20)12-6-4-11(5-7-12)8-18-9-14-10-19-16(21-14)13-2-1-3-13/h10-13,18H,1-9H2,(H2,17,20). The molecule has 1 aromatic rings. The van der Waals surface area contributed by atoms with E-state index < -0.39 is 0 Å². The van der Waals surface area contributed by atoms with Crippen molar-refractivity contribution in [2.45, 2.75) is 57.4 Å². The number of nitrogens with two attached hydrogens (primary N) is 1. The van der Waals surface area contributed by atoms with Crippen molar-refractivity contribution in [3.8, 4) is 0 Å². The van der Waals surface area contributed by atoms with E-state index in [1.807, 2.05) is 17.5 Å². The van der Waals surface area contributed by atoms with Crippen LogP contribution in [0, 0.1) is 11.8 Å². The minimum Gasteiger partial charge on any atom is -0.369 e. The number of nitrogens with one attached hydrogen (secondary N) is 1. The maximum Gasteiger partial charge on any atom is 0.220 e. The van der Waals surface area contributed by atoms with Gasteiger partial charge in [-0.25, -0.2) is 4.98 Å². The van der Waals surface area contributed by atoms with Gasteiger partial charge in [0, 0.05) is 29.5 Å². The minimum absolute atomic E-state index is 0.116. The van der Waals surface area contributed by atoms with Gasteiger partial charge in [-0.05, 0) is 51.0 Å². The molecule has 0 saturated heterocycles. The fourth-order valence-corrected chi connectivity index (χ4v) is 4.35. The Bertz CT molecular complexity index is 476. The molecule has 0 unspecified atom stereocenters. The molecule has 21 heavy (non-hydrogen) atoms. The second kappa shape index (κ2) is 6.88. The lowest BCUT2D eigenvalue weighted by molar-refractivity contribution is -0.122. The third-order valence-electron chi connectivity index (χ3n) is 5.01. The Morgan fingerprint density at radius 2 is 2.05 bits per heavy atom. The average Bonchev–Trinajstić information content (AvgIpc) is 2.86. The molecule has 0 aliphatic heterocycles. The fraction of sp³-hybridized carbons (Fsp3) is 0.750. The Labute approximate surface area is 130 Å². The third-order valence-corrected chi connectivity index (χ3v) is 6.17. The molecular formula is C16H25N3OS. The molecule has 1 amide bonds. The van der Waals surface area contributed by atoms with Crippen molar-refractivity contribution in [3.05, 3.63) is 16.1 Å². The van der Waals surface area contributed by atoms with Gasteiger partial charge in [0.05, 0.1) is 5.01 Å². The first kappa shape index (κ1) is 15.0. The number of rotatable bonds is 6. The van der Waals surface area contributed by atoms with Gasteiger partial charge in [-0.1, -0.05) is 6.42 Å². The van der Waals surface area contributed by atoms with Gasteiger partial charge in [-0.15, -0.1) is 11.3 Å². The molecule has 2 aliphatic rings. The molecule has 1 heterocycles. The zero-order valence-corrected chi connectivity index (χ0v) is 13.3. The topological polar surface area (TPSA) is 68.0 Å². The van der Waals surface area contributed by atoms with Crippen LogP contribution in [0.5, 0.6) is 0 Å². The molecule has 0 aromatic carbocycles. The van der Waals surface area contributed by atoms with Gasteiger partial charge >= 0.3 is 0 Å². The average molecular weight is 307 g/mol. The van der Waals surface area contributed by atoms with Crippen molar-refractivity contribution in [1.29, 1.82) is 0 Å². The summed E-state index contributed by atoms with van der Waals surface area (Å²) in [6.45, 7) is 1.97. The van der Waals surface area contributed by atoms with E-state index in [1.165, 1.54) is 29.1 Å². The highest BCUT2D eigenvalue weighted by Crippen LogP contribution is 2.38. The van der Waals surface area contributed by atoms with Crippen molar-refractivity contribution in [3.63, 3.8) is 0 Å². The molecule has 2 saturated carbocycles. The predicted octanol–water partition coefficient (Wildman–Crippen LogP) is 2.79. The number of primary amides is 1. The summed E-state index contributed by atoms with van der Waals surface area (Å²) in [5, 5.41) is 4.89. The first-order valence-electron chi connectivity index (χ1n) is 8.17. The lowest BCUT2D eigenvalue weighted by Crippen LogP contribution is -2.31. The van der Waals surface area contributed by atoms with E-state index >= 15 is 0 Å². The molecule has 3 N–H and O–H groups in total. The Hall–Kier alpha value is -0.940. The molecule has 116 valence electrons. The Morgan fingerprint density at radius 1 is 1.29 bits per heavy atom. The number of carbonyl (C=O) groups excluding carboxylic acids is 1. The van der Waals surface area contributed by atoms with Crippen LogP contribution in [-0.4, -0.2) is 17.4 Å². The second-order valence-corrected chi connectivity index (χ2v) is 7.69. The van der Waals surface area contributed by atoms with Crippen molar-refractivity contribution in [2.24, 2.45) is 17.6 Å². The Kier molecular flexibility index (Phi) is 4.91. The van der Waals surface area contributed by atoms with Crippen LogP contribution in [0.2, 0.25) is 0 Å². The SMILES string of the molecule is NC(=O)C1CCC(CNCc2cnc(C3CCC3)s2)CC1. The first-order valence-corrected chi connectivity index (χ1v) is 8.98. The van der Waals surface area contributed by atoms with E-state index in [2.05, 4.69) is 10.3 Å². The zero-order chi connectivity index (χ0) is 14.7. The number of aromatic nitrogens is 1. The minimum atomic E-state index is -0.116. The molecule has 5 heteroatoms. The second-order valence-electron chi connectivity index (χ2n) is 6.54. The number of carbonyl (C=O) groups is 1. The van der Waals surface area contributed by atoms with Gasteiger partial charge in [-0.2, -0.15) is 0 Å². The molecule has 0 bridgehead atoms. The van der Waals surface area contributed by atoms with Crippen LogP contribution in [0.3, 0.4) is 0 Å². The maximum atomic E-state index is 11.1. The van der Waals surface area contributed by atoms with Crippen molar-refractivity contribution < 1.29 is 4.79 Å². The molecule has 4 nitrogen and oxygen atoms in total. The van der Waals surface area contributed by atoms with Crippen LogP contribution in [-0.2, 0) is 11.3 Å². The molecule has 1 aromatic heterocycles. The monoisotopic (exact) mass is 307 g/mol. The highest BCUT2D eigenvalue weighted by atomic mass is 32.1. The van der Waals surface area contributed by atoms with Gasteiger partial charge in [-0.3, -0.25) is 4.79 Å². The molecule has 2 aliphatic carbocycles. The zero-order valence-electron chi connectivity index (χ0n) is 12.5. The summed E-state index contributed by atoms with van der Waals surface area (Å²) in [4.78, 5) is 17.1. The predicted molar refractivity (Wildman–Crippen MR) is 85.1 cm³/mol. The quantitative estimate of drug-likeness (QED) is 0.849. The summed E-state index contributed by atoms with van der Waals surface area (Å²) in [6, 6.07) is 0. The van der Waals surface area contributed by atoms with E-state index in [0.29, 0.717) is 5.92 Å². The van der Waals surface area contributed by atoms with Gasteiger partial charge in [0.15, 0.2) is 0 Å². The summed E-state index contributed by atoms with van der Waals surface area (Å²) in [5.74, 6) is 1.44. The Balaban J connectivity index is 1.36. The Morgan fingerprint density at radius 3 is 2.67 bits per heavy atom. The molecule has 2 fully saturated rings. The highest BCUT2D eigenvalue weighted by Gasteiger charge is 2.25. The largest absolute Gasteiger partial charge is 0.369 e. The molecule has 3 rings (SSSR count). The van der Waals surface area contributed by atoms with Gasteiger partial charge in [0.2, 0.25) is 5.91 Å². The van der Waals surface area contributed by atoms with E-state index in [1.54, 1.807) is 0 Å². The highest BCUT2D eigenvalue weighted by molar-refractivity contribution is 7.11. The maximum absolute atomic E-state index is 11.1.